The fourth-order valence-corrected chi connectivity index (χ4v) is 4.46. The molecule has 6 heteroatoms. The molecule has 0 aliphatic carbocycles. The van der Waals surface area contributed by atoms with Crippen molar-refractivity contribution < 1.29 is 5.11 Å². The lowest BCUT2D eigenvalue weighted by molar-refractivity contribution is 0.282. The number of aliphatic hydroxyl groups excluding tert-OH is 1. The first-order chi connectivity index (χ1) is 13.0. The predicted octanol–water partition coefficient (Wildman–Crippen LogP) is 3.73. The van der Waals surface area contributed by atoms with Crippen LogP contribution < -0.4 is 16.8 Å². The number of thiophene rings is 1. The first-order valence-corrected chi connectivity index (χ1v) is 9.66. The minimum Gasteiger partial charge on any atom is -0.392 e. The molecule has 4 aromatic rings. The number of aromatic amines is 1. The molecular formula is C21H21N3O2S. The first kappa shape index (κ1) is 17.9. The number of benzene rings is 2. The lowest BCUT2D eigenvalue weighted by Crippen LogP contribution is -2.25. The van der Waals surface area contributed by atoms with Crippen molar-refractivity contribution in [3.8, 4) is 11.1 Å². The van der Waals surface area contributed by atoms with Gasteiger partial charge in [-0.05, 0) is 53.1 Å². The largest absolute Gasteiger partial charge is 0.392 e. The number of aliphatic hydroxyl groups is 1. The van der Waals surface area contributed by atoms with Gasteiger partial charge < -0.3 is 10.1 Å². The van der Waals surface area contributed by atoms with Gasteiger partial charge in [-0.3, -0.25) is 16.1 Å². The number of rotatable bonds is 4. The Hall–Kier alpha value is -2.51. The van der Waals surface area contributed by atoms with Crippen LogP contribution >= 0.6 is 11.3 Å². The number of nitrogens with two attached hydrogens (primary N) is 1. The molecule has 0 bridgehead atoms. The van der Waals surface area contributed by atoms with Gasteiger partial charge in [0.05, 0.1) is 12.1 Å². The molecule has 2 aromatic heterocycles. The Labute approximate surface area is 160 Å². The zero-order chi connectivity index (χ0) is 19.1. The van der Waals surface area contributed by atoms with Gasteiger partial charge in [0.25, 0.3) is 5.56 Å². The van der Waals surface area contributed by atoms with Crippen LogP contribution in [0.25, 0.3) is 32.1 Å². The van der Waals surface area contributed by atoms with Crippen LogP contribution in [0.1, 0.15) is 29.7 Å². The van der Waals surface area contributed by atoms with Gasteiger partial charge in [0.2, 0.25) is 0 Å². The van der Waals surface area contributed by atoms with Crippen LogP contribution in [0.15, 0.2) is 46.6 Å². The molecule has 2 aromatic carbocycles. The zero-order valence-corrected chi connectivity index (χ0v) is 16.0. The van der Waals surface area contributed by atoms with Crippen LogP contribution in [0.3, 0.4) is 0 Å². The number of hydrogen-bond donors (Lipinski definition) is 4. The van der Waals surface area contributed by atoms with Crippen LogP contribution in [-0.2, 0) is 6.61 Å². The summed E-state index contributed by atoms with van der Waals surface area (Å²) in [5.74, 6) is 5.54. The number of nitrogens with one attached hydrogen (secondary N) is 2. The molecule has 0 saturated carbocycles. The van der Waals surface area contributed by atoms with Crippen LogP contribution in [-0.4, -0.2) is 10.1 Å². The number of hydrazine groups is 1. The Bertz CT molecular complexity index is 1190. The van der Waals surface area contributed by atoms with Gasteiger partial charge in [0.15, 0.2) is 0 Å². The second-order valence-electron chi connectivity index (χ2n) is 6.76. The summed E-state index contributed by atoms with van der Waals surface area (Å²) in [7, 11) is 0. The third-order valence-corrected chi connectivity index (χ3v) is 6.02. The average Bonchev–Trinajstić information content (AvgIpc) is 3.18. The maximum Gasteiger partial charge on any atom is 0.266 e. The maximum absolute atomic E-state index is 12.4. The highest BCUT2D eigenvalue weighted by atomic mass is 32.1. The molecule has 0 fully saturated rings. The van der Waals surface area contributed by atoms with E-state index in [9.17, 15) is 9.90 Å². The molecule has 27 heavy (non-hydrogen) atoms. The number of hydrogen-bond acceptors (Lipinski definition) is 5. The summed E-state index contributed by atoms with van der Waals surface area (Å²) < 4.78 is 0.704. The molecule has 5 nitrogen and oxygen atoms in total. The van der Waals surface area contributed by atoms with Crippen molar-refractivity contribution in [3.05, 3.63) is 68.8 Å². The van der Waals surface area contributed by atoms with Crippen molar-refractivity contribution in [1.82, 2.24) is 10.4 Å². The number of aryl methyl sites for hydroxylation is 1. The molecule has 138 valence electrons. The third-order valence-electron chi connectivity index (χ3n) is 5.11. The van der Waals surface area contributed by atoms with Crippen molar-refractivity contribution in [2.75, 3.05) is 0 Å². The standard InChI is InChI=1S/C21H21N3O2S/c1-11-9-15(10-25)17(14-5-3-13(4-6-14)12(2)24-22)18-16-7-8-27-20(16)21(26)23-19(11)18/h3-9,12,24-25H,10,22H2,1-2H3,(H,23,26)/t12-/m1/s1. The summed E-state index contributed by atoms with van der Waals surface area (Å²) in [4.78, 5) is 15.5. The van der Waals surface area contributed by atoms with Gasteiger partial charge in [0, 0.05) is 16.8 Å². The molecular weight excluding hydrogens is 358 g/mol. The van der Waals surface area contributed by atoms with Crippen molar-refractivity contribution in [3.63, 3.8) is 0 Å². The van der Waals surface area contributed by atoms with Crippen molar-refractivity contribution in [2.45, 2.75) is 26.5 Å². The molecule has 0 amide bonds. The zero-order valence-electron chi connectivity index (χ0n) is 15.2. The highest BCUT2D eigenvalue weighted by Gasteiger charge is 2.17. The third kappa shape index (κ3) is 2.87. The van der Waals surface area contributed by atoms with Crippen LogP contribution in [0.5, 0.6) is 0 Å². The van der Waals surface area contributed by atoms with Crippen LogP contribution in [0, 0.1) is 6.92 Å². The fraction of sp³-hybridized carbons (Fsp3) is 0.190. The Morgan fingerprint density at radius 1 is 1.26 bits per heavy atom. The summed E-state index contributed by atoms with van der Waals surface area (Å²) in [5.41, 5.74) is 8.32. The lowest BCUT2D eigenvalue weighted by Gasteiger charge is -2.16. The summed E-state index contributed by atoms with van der Waals surface area (Å²) in [6.07, 6.45) is 0. The number of fused-ring (bicyclic) bond motifs is 3. The highest BCUT2D eigenvalue weighted by Crippen LogP contribution is 2.38. The summed E-state index contributed by atoms with van der Waals surface area (Å²) >= 11 is 1.43. The van der Waals surface area contributed by atoms with Gasteiger partial charge in [-0.2, -0.15) is 0 Å². The monoisotopic (exact) mass is 379 g/mol. The molecule has 0 aliphatic heterocycles. The predicted molar refractivity (Wildman–Crippen MR) is 112 cm³/mol. The average molecular weight is 379 g/mol. The van der Waals surface area contributed by atoms with E-state index in [4.69, 9.17) is 5.84 Å². The van der Waals surface area contributed by atoms with Gasteiger partial charge in [-0.1, -0.05) is 30.3 Å². The molecule has 1 atom stereocenters. The second kappa shape index (κ2) is 6.90. The molecule has 0 spiro atoms. The molecule has 0 saturated heterocycles. The quantitative estimate of drug-likeness (QED) is 0.321. The van der Waals surface area contributed by atoms with Gasteiger partial charge in [-0.15, -0.1) is 11.3 Å². The first-order valence-electron chi connectivity index (χ1n) is 8.78. The van der Waals surface area contributed by atoms with E-state index in [-0.39, 0.29) is 18.2 Å². The van der Waals surface area contributed by atoms with E-state index in [1.54, 1.807) is 0 Å². The normalized spacial score (nSPS) is 12.7. The fourth-order valence-electron chi connectivity index (χ4n) is 3.66. The molecule has 2 heterocycles. The van der Waals surface area contributed by atoms with Crippen LogP contribution in [0.4, 0.5) is 0 Å². The van der Waals surface area contributed by atoms with Crippen molar-refractivity contribution in [2.24, 2.45) is 5.84 Å². The van der Waals surface area contributed by atoms with E-state index < -0.39 is 0 Å². The Kier molecular flexibility index (Phi) is 4.57. The smallest absolute Gasteiger partial charge is 0.266 e. The van der Waals surface area contributed by atoms with E-state index in [0.717, 1.165) is 44.1 Å². The summed E-state index contributed by atoms with van der Waals surface area (Å²) in [5, 5.41) is 13.9. The minimum atomic E-state index is -0.0727. The second-order valence-corrected chi connectivity index (χ2v) is 7.68. The minimum absolute atomic E-state index is 0.0473. The SMILES string of the molecule is Cc1cc(CO)c(-c2ccc([C@@H](C)NN)cc2)c2c1[nH]c(=O)c1sccc12. The Morgan fingerprint density at radius 2 is 2.00 bits per heavy atom. The van der Waals surface area contributed by atoms with Crippen molar-refractivity contribution in [1.29, 1.82) is 0 Å². The molecule has 5 N–H and O–H groups in total. The summed E-state index contributed by atoms with van der Waals surface area (Å²) in [6.45, 7) is 3.88. The van der Waals surface area contributed by atoms with E-state index in [2.05, 4.69) is 10.4 Å². The number of H-pyrrole nitrogens is 1. The van der Waals surface area contributed by atoms with Crippen molar-refractivity contribution >= 4 is 32.3 Å². The topological polar surface area (TPSA) is 91.1 Å². The van der Waals surface area contributed by atoms with Gasteiger partial charge >= 0.3 is 0 Å². The van der Waals surface area contributed by atoms with E-state index in [1.165, 1.54) is 11.3 Å². The molecule has 0 radical (unpaired) electrons. The van der Waals surface area contributed by atoms with E-state index >= 15 is 0 Å². The van der Waals surface area contributed by atoms with Crippen LogP contribution in [0.2, 0.25) is 0 Å². The molecule has 0 aliphatic rings. The molecule has 4 rings (SSSR count). The lowest BCUT2D eigenvalue weighted by atomic mass is 9.91. The summed E-state index contributed by atoms with van der Waals surface area (Å²) in [6, 6.07) is 12.1. The highest BCUT2D eigenvalue weighted by molar-refractivity contribution is 7.17. The number of aromatic nitrogens is 1. The Balaban J connectivity index is 2.08. The van der Waals surface area contributed by atoms with Gasteiger partial charge in [0.1, 0.15) is 4.70 Å². The van der Waals surface area contributed by atoms with Gasteiger partial charge in [-0.25, -0.2) is 0 Å². The number of pyridine rings is 1. The molecule has 0 unspecified atom stereocenters. The maximum atomic E-state index is 12.4. The van der Waals surface area contributed by atoms with E-state index in [0.29, 0.717) is 4.70 Å². The van der Waals surface area contributed by atoms with E-state index in [1.807, 2.05) is 55.6 Å². The Morgan fingerprint density at radius 3 is 2.67 bits per heavy atom.